The van der Waals surface area contributed by atoms with E-state index in [9.17, 15) is 9.18 Å². The molecule has 0 amide bonds. The van der Waals surface area contributed by atoms with Gasteiger partial charge in [-0.05, 0) is 6.07 Å². The van der Waals surface area contributed by atoms with Crippen molar-refractivity contribution in [2.45, 2.75) is 0 Å². The van der Waals surface area contributed by atoms with Crippen molar-refractivity contribution in [1.82, 2.24) is 19.9 Å². The molecular weight excluding hydrogens is 263 g/mol. The second-order valence-corrected chi connectivity index (χ2v) is 3.91. The Labute approximate surface area is 111 Å². The van der Waals surface area contributed by atoms with Crippen LogP contribution in [0.4, 0.5) is 10.3 Å². The highest BCUT2D eigenvalue weighted by Crippen LogP contribution is 2.07. The molecule has 8 heteroatoms. The average molecular weight is 272 g/mol. The second-order valence-electron chi connectivity index (χ2n) is 3.91. The molecule has 20 heavy (non-hydrogen) atoms. The van der Waals surface area contributed by atoms with Gasteiger partial charge in [0.25, 0.3) is 5.56 Å². The van der Waals surface area contributed by atoms with Gasteiger partial charge in [0.05, 0.1) is 12.5 Å². The Bertz CT molecular complexity index is 837. The van der Waals surface area contributed by atoms with E-state index in [4.69, 9.17) is 0 Å². The Hall–Kier alpha value is -3.03. The van der Waals surface area contributed by atoms with Gasteiger partial charge in [0.1, 0.15) is 5.82 Å². The normalized spacial score (nSPS) is 11.2. The highest BCUT2D eigenvalue weighted by molar-refractivity contribution is 5.80. The number of benzene rings is 1. The molecule has 2 aromatic heterocycles. The molecule has 1 aromatic carbocycles. The van der Waals surface area contributed by atoms with Gasteiger partial charge in [-0.3, -0.25) is 4.79 Å². The number of hydrogen-bond acceptors (Lipinski definition) is 5. The van der Waals surface area contributed by atoms with Gasteiger partial charge in [0.2, 0.25) is 5.95 Å². The molecule has 0 unspecified atom stereocenters. The maximum Gasteiger partial charge on any atom is 0.276 e. The van der Waals surface area contributed by atoms with Gasteiger partial charge in [0, 0.05) is 5.56 Å². The van der Waals surface area contributed by atoms with Crippen LogP contribution in [-0.4, -0.2) is 26.2 Å². The lowest BCUT2D eigenvalue weighted by atomic mass is 10.2. The van der Waals surface area contributed by atoms with Crippen LogP contribution in [0.25, 0.3) is 11.2 Å². The molecule has 0 aliphatic rings. The zero-order chi connectivity index (χ0) is 13.9. The minimum absolute atomic E-state index is 0.246. The van der Waals surface area contributed by atoms with E-state index in [-0.39, 0.29) is 28.5 Å². The number of nitrogens with one attached hydrogen (secondary N) is 3. The van der Waals surface area contributed by atoms with Gasteiger partial charge in [-0.2, -0.15) is 10.1 Å². The van der Waals surface area contributed by atoms with Crippen LogP contribution in [0.1, 0.15) is 5.56 Å². The molecular formula is C12H9FN6O. The smallest absolute Gasteiger partial charge is 0.276 e. The van der Waals surface area contributed by atoms with E-state index in [2.05, 4.69) is 30.5 Å². The van der Waals surface area contributed by atoms with Gasteiger partial charge in [0.15, 0.2) is 11.2 Å². The number of imidazole rings is 1. The predicted molar refractivity (Wildman–Crippen MR) is 72.1 cm³/mol. The number of aromatic nitrogens is 4. The number of fused-ring (bicyclic) bond motifs is 1. The first-order valence-electron chi connectivity index (χ1n) is 5.71. The summed E-state index contributed by atoms with van der Waals surface area (Å²) in [5, 5.41) is 3.85. The van der Waals surface area contributed by atoms with Crippen molar-refractivity contribution in [3.8, 4) is 0 Å². The summed E-state index contributed by atoms with van der Waals surface area (Å²) in [5.74, 6) is -0.127. The van der Waals surface area contributed by atoms with Crippen LogP contribution in [0.5, 0.6) is 0 Å². The summed E-state index contributed by atoms with van der Waals surface area (Å²) in [4.78, 5) is 24.5. The highest BCUT2D eigenvalue weighted by Gasteiger charge is 2.05. The van der Waals surface area contributed by atoms with E-state index < -0.39 is 0 Å². The summed E-state index contributed by atoms with van der Waals surface area (Å²) >= 11 is 0. The van der Waals surface area contributed by atoms with Crippen molar-refractivity contribution in [2.24, 2.45) is 5.10 Å². The SMILES string of the molecule is O=c1[nH]cnc2nc(NN=Cc3ccccc3F)[nH]c12. The molecule has 3 aromatic rings. The zero-order valence-corrected chi connectivity index (χ0v) is 10.1. The molecule has 0 aliphatic carbocycles. The van der Waals surface area contributed by atoms with Crippen LogP contribution in [0.2, 0.25) is 0 Å². The Kier molecular flexibility index (Phi) is 2.96. The van der Waals surface area contributed by atoms with Crippen LogP contribution in [0.15, 0.2) is 40.5 Å². The van der Waals surface area contributed by atoms with Gasteiger partial charge < -0.3 is 9.97 Å². The molecule has 2 heterocycles. The summed E-state index contributed by atoms with van der Waals surface area (Å²) in [7, 11) is 0. The van der Waals surface area contributed by atoms with Crippen molar-refractivity contribution >= 4 is 23.3 Å². The second kappa shape index (κ2) is 4.92. The fraction of sp³-hybridized carbons (Fsp3) is 0. The van der Waals surface area contributed by atoms with Gasteiger partial charge in [-0.1, -0.05) is 18.2 Å². The van der Waals surface area contributed by atoms with Gasteiger partial charge in [-0.25, -0.2) is 14.8 Å². The van der Waals surface area contributed by atoms with E-state index >= 15 is 0 Å². The molecule has 7 nitrogen and oxygen atoms in total. The Morgan fingerprint density at radius 2 is 2.20 bits per heavy atom. The van der Waals surface area contributed by atoms with Crippen molar-refractivity contribution < 1.29 is 4.39 Å². The summed E-state index contributed by atoms with van der Waals surface area (Å²) in [6, 6.07) is 6.23. The quantitative estimate of drug-likeness (QED) is 0.493. The molecule has 0 radical (unpaired) electrons. The number of halogens is 1. The fourth-order valence-corrected chi connectivity index (χ4v) is 1.64. The molecule has 3 rings (SSSR count). The third-order valence-corrected chi connectivity index (χ3v) is 2.57. The van der Waals surface area contributed by atoms with Crippen molar-refractivity contribution in [3.05, 3.63) is 52.3 Å². The maximum absolute atomic E-state index is 13.3. The minimum atomic E-state index is -0.374. The minimum Gasteiger partial charge on any atom is -0.317 e. The highest BCUT2D eigenvalue weighted by atomic mass is 19.1. The Morgan fingerprint density at radius 3 is 3.00 bits per heavy atom. The van der Waals surface area contributed by atoms with E-state index in [0.29, 0.717) is 5.56 Å². The average Bonchev–Trinajstić information content (AvgIpc) is 2.85. The third-order valence-electron chi connectivity index (χ3n) is 2.57. The lowest BCUT2D eigenvalue weighted by molar-refractivity contribution is 0.626. The molecule has 0 fully saturated rings. The van der Waals surface area contributed by atoms with Gasteiger partial charge >= 0.3 is 0 Å². The Morgan fingerprint density at radius 1 is 1.35 bits per heavy atom. The fourth-order valence-electron chi connectivity index (χ4n) is 1.64. The van der Waals surface area contributed by atoms with Crippen molar-refractivity contribution in [2.75, 3.05) is 5.43 Å². The molecule has 0 aliphatic heterocycles. The van der Waals surface area contributed by atoms with Crippen molar-refractivity contribution in [3.63, 3.8) is 0 Å². The predicted octanol–water partition coefficient (Wildman–Crippen LogP) is 1.23. The number of anilines is 1. The summed E-state index contributed by atoms with van der Waals surface area (Å²) in [6.45, 7) is 0. The van der Waals surface area contributed by atoms with E-state index in [1.165, 1.54) is 18.6 Å². The number of hydrazone groups is 1. The zero-order valence-electron chi connectivity index (χ0n) is 10.1. The van der Waals surface area contributed by atoms with Crippen LogP contribution in [0, 0.1) is 5.82 Å². The molecule has 0 spiro atoms. The Balaban J connectivity index is 1.82. The standard InChI is InChI=1S/C12H9FN6O/c13-8-4-2-1-3-7(8)5-16-19-12-17-9-10(18-12)14-6-15-11(9)20/h1-6H,(H3,14,15,17,18,19,20). The molecule has 100 valence electrons. The lowest BCUT2D eigenvalue weighted by Gasteiger charge is -1.95. The number of H-pyrrole nitrogens is 2. The summed E-state index contributed by atoms with van der Waals surface area (Å²) < 4.78 is 13.3. The molecule has 3 N–H and O–H groups in total. The topological polar surface area (TPSA) is 98.8 Å². The first-order valence-corrected chi connectivity index (χ1v) is 5.71. The summed E-state index contributed by atoms with van der Waals surface area (Å²) in [5.41, 5.74) is 3.12. The molecule has 0 atom stereocenters. The number of aromatic amines is 2. The van der Waals surface area contributed by atoms with E-state index in [1.807, 2.05) is 0 Å². The third kappa shape index (κ3) is 2.26. The number of nitrogens with zero attached hydrogens (tertiary/aromatic N) is 3. The first kappa shape index (κ1) is 12.0. The largest absolute Gasteiger partial charge is 0.317 e. The first-order chi connectivity index (χ1) is 9.74. The summed E-state index contributed by atoms with van der Waals surface area (Å²) in [6.07, 6.45) is 2.58. The van der Waals surface area contributed by atoms with Crippen LogP contribution < -0.4 is 11.0 Å². The number of rotatable bonds is 3. The van der Waals surface area contributed by atoms with Gasteiger partial charge in [-0.15, -0.1) is 0 Å². The van der Waals surface area contributed by atoms with Crippen LogP contribution in [-0.2, 0) is 0 Å². The van der Waals surface area contributed by atoms with Crippen LogP contribution >= 0.6 is 0 Å². The monoisotopic (exact) mass is 272 g/mol. The molecule has 0 saturated heterocycles. The van der Waals surface area contributed by atoms with Crippen LogP contribution in [0.3, 0.4) is 0 Å². The van der Waals surface area contributed by atoms with E-state index in [1.54, 1.807) is 18.2 Å². The van der Waals surface area contributed by atoms with E-state index in [0.717, 1.165) is 0 Å². The lowest BCUT2D eigenvalue weighted by Crippen LogP contribution is -2.05. The van der Waals surface area contributed by atoms with Crippen molar-refractivity contribution in [1.29, 1.82) is 0 Å². The molecule has 0 bridgehead atoms. The number of hydrogen-bond donors (Lipinski definition) is 3. The maximum atomic E-state index is 13.3. The molecule has 0 saturated carbocycles.